The van der Waals surface area contributed by atoms with Crippen molar-refractivity contribution in [2.24, 2.45) is 0 Å². The van der Waals surface area contributed by atoms with Crippen molar-refractivity contribution in [1.29, 1.82) is 10.5 Å². The lowest BCUT2D eigenvalue weighted by atomic mass is 9.99. The van der Waals surface area contributed by atoms with Crippen molar-refractivity contribution in [3.63, 3.8) is 0 Å². The van der Waals surface area contributed by atoms with E-state index in [-0.39, 0.29) is 0 Å². The van der Waals surface area contributed by atoms with Crippen LogP contribution in [0.3, 0.4) is 0 Å². The van der Waals surface area contributed by atoms with Gasteiger partial charge >= 0.3 is 0 Å². The maximum Gasteiger partial charge on any atom is 0.187 e. The summed E-state index contributed by atoms with van der Waals surface area (Å²) in [6.45, 7) is 15.5. The summed E-state index contributed by atoms with van der Waals surface area (Å²) < 4.78 is 0. The Balaban J connectivity index is 1.30. The van der Waals surface area contributed by atoms with Gasteiger partial charge in [-0.2, -0.15) is 10.5 Å². The molecule has 72 heavy (non-hydrogen) atoms. The number of nitrogens with zero attached hydrogens (tertiary/aromatic N) is 8. The first-order valence-electron chi connectivity index (χ1n) is 23.2. The molecule has 0 fully saturated rings. The van der Waals surface area contributed by atoms with E-state index in [1.54, 1.807) is 0 Å². The van der Waals surface area contributed by atoms with E-state index in [1.807, 2.05) is 170 Å². The van der Waals surface area contributed by atoms with Crippen LogP contribution in [-0.4, -0.2) is 0 Å². The first-order chi connectivity index (χ1) is 35.5. The van der Waals surface area contributed by atoms with Crippen molar-refractivity contribution in [3.05, 3.63) is 289 Å². The normalized spacial score (nSPS) is 10.4. The van der Waals surface area contributed by atoms with Crippen LogP contribution < -0.4 is 19.6 Å². The van der Waals surface area contributed by atoms with Crippen LogP contribution in [0.1, 0.15) is 11.1 Å². The SMILES string of the molecule is [C-]#[N+]c1ccc(N(c2ccccc2)c2cc(-c3cc(N(c4ccccc4)c4ccc(C#N)cc4)cc(N(c4ccccc4)c4ccc(C#N)cc4)c3)cc(N(c3ccccc3)c3ccc([N+]#[C-])cc3)c2)cc1. The number of hydrogen-bond donors (Lipinski definition) is 0. The minimum Gasteiger partial charge on any atom is -0.311 e. The molecule has 10 rings (SSSR count). The minimum atomic E-state index is 0.541. The van der Waals surface area contributed by atoms with E-state index < -0.39 is 0 Å². The lowest BCUT2D eigenvalue weighted by molar-refractivity contribution is 1.24. The smallest absolute Gasteiger partial charge is 0.187 e. The summed E-state index contributed by atoms with van der Waals surface area (Å²) in [4.78, 5) is 16.2. The quantitative estimate of drug-likeness (QED) is 0.107. The molecule has 10 aromatic carbocycles. The Labute approximate surface area is 419 Å². The molecule has 0 aromatic heterocycles. The Kier molecular flexibility index (Phi) is 13.0. The zero-order chi connectivity index (χ0) is 49.2. The van der Waals surface area contributed by atoms with Gasteiger partial charge in [0.2, 0.25) is 0 Å². The monoisotopic (exact) mass is 922 g/mol. The zero-order valence-corrected chi connectivity index (χ0v) is 38.8. The third-order valence-corrected chi connectivity index (χ3v) is 12.2. The number of rotatable bonds is 13. The Bertz CT molecular complexity index is 3160. The number of para-hydroxylation sites is 4. The van der Waals surface area contributed by atoms with Gasteiger partial charge in [0.25, 0.3) is 0 Å². The molecule has 338 valence electrons. The van der Waals surface area contributed by atoms with Gasteiger partial charge in [-0.05, 0) is 169 Å². The van der Waals surface area contributed by atoms with Crippen LogP contribution in [0.5, 0.6) is 0 Å². The largest absolute Gasteiger partial charge is 0.311 e. The first-order valence-corrected chi connectivity index (χ1v) is 23.2. The Morgan fingerprint density at radius 2 is 0.486 bits per heavy atom. The number of nitriles is 2. The van der Waals surface area contributed by atoms with Gasteiger partial charge in [0.05, 0.1) is 36.4 Å². The predicted octanol–water partition coefficient (Wildman–Crippen LogP) is 18.1. The highest BCUT2D eigenvalue weighted by Crippen LogP contribution is 2.47. The molecule has 0 aliphatic carbocycles. The maximum atomic E-state index is 9.85. The van der Waals surface area contributed by atoms with Gasteiger partial charge in [-0.25, -0.2) is 9.69 Å². The average molecular weight is 923 g/mol. The molecule has 0 N–H and O–H groups in total. The van der Waals surface area contributed by atoms with Crippen LogP contribution in [0.4, 0.5) is 79.6 Å². The third-order valence-electron chi connectivity index (χ3n) is 12.2. The van der Waals surface area contributed by atoms with Gasteiger partial charge in [0.1, 0.15) is 0 Å². The molecule has 8 nitrogen and oxygen atoms in total. The highest BCUT2D eigenvalue weighted by atomic mass is 15.2. The molecule has 0 unspecified atom stereocenters. The second-order valence-corrected chi connectivity index (χ2v) is 16.7. The molecule has 0 aliphatic rings. The zero-order valence-electron chi connectivity index (χ0n) is 38.8. The average Bonchev–Trinajstić information content (AvgIpc) is 3.45. The lowest BCUT2D eigenvalue weighted by Crippen LogP contribution is -2.14. The van der Waals surface area contributed by atoms with Crippen molar-refractivity contribution in [2.75, 3.05) is 19.6 Å². The van der Waals surface area contributed by atoms with Gasteiger partial charge in [-0.3, -0.25) is 0 Å². The summed E-state index contributed by atoms with van der Waals surface area (Å²) in [5.74, 6) is 0. The van der Waals surface area contributed by atoms with Gasteiger partial charge in [0, 0.05) is 68.2 Å². The van der Waals surface area contributed by atoms with Crippen LogP contribution in [0.15, 0.2) is 255 Å². The fourth-order valence-electron chi connectivity index (χ4n) is 8.86. The Hall–Kier alpha value is -10.6. The summed E-state index contributed by atoms with van der Waals surface area (Å²) in [5.41, 5.74) is 14.5. The van der Waals surface area contributed by atoms with E-state index in [4.69, 9.17) is 13.1 Å². The van der Waals surface area contributed by atoms with E-state index in [2.05, 4.69) is 126 Å². The molecule has 0 saturated heterocycles. The van der Waals surface area contributed by atoms with Crippen LogP contribution in [0, 0.1) is 35.8 Å². The van der Waals surface area contributed by atoms with Crippen LogP contribution in [0.2, 0.25) is 0 Å². The van der Waals surface area contributed by atoms with Crippen molar-refractivity contribution >= 4 is 79.6 Å². The molecule has 0 bridgehead atoms. The maximum absolute atomic E-state index is 9.85. The molecule has 0 saturated carbocycles. The molecule has 10 aromatic rings. The van der Waals surface area contributed by atoms with Crippen LogP contribution in [-0.2, 0) is 0 Å². The minimum absolute atomic E-state index is 0.541. The molecule has 0 amide bonds. The van der Waals surface area contributed by atoms with Gasteiger partial charge in [-0.1, -0.05) is 97.1 Å². The fourth-order valence-corrected chi connectivity index (χ4v) is 8.86. The predicted molar refractivity (Wildman–Crippen MR) is 293 cm³/mol. The first kappa shape index (κ1) is 45.2. The molecule has 0 aliphatic heterocycles. The van der Waals surface area contributed by atoms with Crippen LogP contribution in [0.25, 0.3) is 20.8 Å². The number of hydrogen-bond acceptors (Lipinski definition) is 6. The van der Waals surface area contributed by atoms with E-state index in [9.17, 15) is 10.5 Å². The summed E-state index contributed by atoms with van der Waals surface area (Å²) in [6.07, 6.45) is 0. The lowest BCUT2D eigenvalue weighted by Gasteiger charge is -2.32. The third kappa shape index (κ3) is 9.57. The molecular weight excluding hydrogens is 881 g/mol. The second-order valence-electron chi connectivity index (χ2n) is 16.7. The number of anilines is 12. The van der Waals surface area contributed by atoms with Gasteiger partial charge < -0.3 is 19.6 Å². The van der Waals surface area contributed by atoms with E-state index >= 15 is 0 Å². The highest BCUT2D eigenvalue weighted by molar-refractivity contribution is 5.92. The summed E-state index contributed by atoms with van der Waals surface area (Å²) in [5, 5.41) is 19.7. The van der Waals surface area contributed by atoms with Gasteiger partial charge in [0.15, 0.2) is 11.4 Å². The van der Waals surface area contributed by atoms with E-state index in [0.717, 1.165) is 79.4 Å². The molecule has 0 spiro atoms. The fraction of sp³-hybridized carbons (Fsp3) is 0. The second kappa shape index (κ2) is 20.7. The highest BCUT2D eigenvalue weighted by Gasteiger charge is 2.23. The summed E-state index contributed by atoms with van der Waals surface area (Å²) in [7, 11) is 0. The molecule has 0 heterocycles. The standard InChI is InChI=1S/C64H42N8/c1-67-51-27-35-59(36-28-51)71(55-19-11-5-12-20-55)63-41-50(42-64(44-63)72(56-21-13-6-14-22-56)60-37-29-52(68-2)30-38-60)49-39-61(69(53-15-7-3-8-16-53)57-31-23-47(45-65)24-32-57)43-62(40-49)70(54-17-9-4-10-18-54)58-33-25-48(46-66)26-34-58/h3-44H. The summed E-state index contributed by atoms with van der Waals surface area (Å²) in [6, 6.07) is 89.1. The molecule has 0 radical (unpaired) electrons. The van der Waals surface area contributed by atoms with Crippen molar-refractivity contribution in [3.8, 4) is 23.3 Å². The van der Waals surface area contributed by atoms with Crippen molar-refractivity contribution < 1.29 is 0 Å². The Morgan fingerprint density at radius 3 is 0.708 bits per heavy atom. The summed E-state index contributed by atoms with van der Waals surface area (Å²) >= 11 is 0. The number of benzene rings is 10. The van der Waals surface area contributed by atoms with E-state index in [0.29, 0.717) is 22.5 Å². The van der Waals surface area contributed by atoms with Crippen LogP contribution >= 0.6 is 0 Å². The van der Waals surface area contributed by atoms with E-state index in [1.165, 1.54) is 0 Å². The molecular formula is C64H42N8. The van der Waals surface area contributed by atoms with Gasteiger partial charge in [-0.15, -0.1) is 0 Å². The molecule has 8 heteroatoms. The molecule has 0 atom stereocenters. The van der Waals surface area contributed by atoms with Crippen molar-refractivity contribution in [1.82, 2.24) is 0 Å². The topological polar surface area (TPSA) is 69.3 Å². The Morgan fingerprint density at radius 1 is 0.264 bits per heavy atom. The van der Waals surface area contributed by atoms with Crippen molar-refractivity contribution in [2.45, 2.75) is 0 Å².